The molecule has 1 saturated heterocycles. The van der Waals surface area contributed by atoms with Gasteiger partial charge in [-0.2, -0.15) is 0 Å². The van der Waals surface area contributed by atoms with Crippen molar-refractivity contribution < 1.29 is 27.9 Å². The number of carbonyl (C=O) groups excluding carboxylic acids is 2. The lowest BCUT2D eigenvalue weighted by molar-refractivity contribution is -0.121. The van der Waals surface area contributed by atoms with Gasteiger partial charge < -0.3 is 14.7 Å². The Morgan fingerprint density at radius 3 is 2.59 bits per heavy atom. The summed E-state index contributed by atoms with van der Waals surface area (Å²) in [5.74, 6) is 0.650. The first-order valence-corrected chi connectivity index (χ1v) is 13.1. The van der Waals surface area contributed by atoms with Gasteiger partial charge in [-0.1, -0.05) is 18.6 Å². The van der Waals surface area contributed by atoms with E-state index in [9.17, 15) is 23.1 Å². The van der Waals surface area contributed by atoms with E-state index in [0.717, 1.165) is 18.4 Å². The zero-order valence-electron chi connectivity index (χ0n) is 18.9. The summed E-state index contributed by atoms with van der Waals surface area (Å²) in [4.78, 5) is 24.5. The molecule has 3 rings (SSSR count). The molecule has 1 aromatic carbocycles. The number of unbranched alkanes of at least 4 members (excludes halogenated alkanes) is 2. The van der Waals surface area contributed by atoms with Crippen molar-refractivity contribution >= 4 is 21.8 Å². The summed E-state index contributed by atoms with van der Waals surface area (Å²) in [6, 6.07) is 7.17. The van der Waals surface area contributed by atoms with Gasteiger partial charge in [0.05, 0.1) is 17.1 Å². The van der Waals surface area contributed by atoms with E-state index in [2.05, 4.69) is 5.32 Å². The molecule has 1 saturated carbocycles. The van der Waals surface area contributed by atoms with Crippen LogP contribution in [0.5, 0.6) is 5.75 Å². The number of ether oxygens (including phenoxy) is 1. The van der Waals surface area contributed by atoms with Crippen molar-refractivity contribution in [3.63, 3.8) is 0 Å². The van der Waals surface area contributed by atoms with Crippen molar-refractivity contribution in [3.05, 3.63) is 29.8 Å². The van der Waals surface area contributed by atoms with Crippen LogP contribution >= 0.6 is 0 Å². The Bertz CT molecular complexity index is 934. The number of amides is 3. The van der Waals surface area contributed by atoms with Gasteiger partial charge in [-0.25, -0.2) is 13.2 Å². The molecular formula is C23H34N2O6S. The third kappa shape index (κ3) is 7.20. The fourth-order valence-corrected chi connectivity index (χ4v) is 6.04. The SMILES string of the molecule is CC(C)(O)COc1cccc(C2(CS(=O)(=O)CCCCCN3CCC(=O)NC3=O)CC2)c1. The summed E-state index contributed by atoms with van der Waals surface area (Å²) in [5, 5.41) is 12.1. The average Bonchev–Trinajstić information content (AvgIpc) is 3.47. The fraction of sp³-hybridized carbons (Fsp3) is 0.652. The molecule has 1 heterocycles. The second-order valence-corrected chi connectivity index (χ2v) is 11.8. The van der Waals surface area contributed by atoms with Crippen molar-refractivity contribution in [2.45, 2.75) is 63.4 Å². The van der Waals surface area contributed by atoms with Crippen LogP contribution in [0, 0.1) is 0 Å². The van der Waals surface area contributed by atoms with Gasteiger partial charge in [0.25, 0.3) is 0 Å². The predicted molar refractivity (Wildman–Crippen MR) is 121 cm³/mol. The van der Waals surface area contributed by atoms with Crippen LogP contribution in [-0.4, -0.2) is 67.2 Å². The smallest absolute Gasteiger partial charge is 0.324 e. The monoisotopic (exact) mass is 466 g/mol. The number of sulfone groups is 1. The van der Waals surface area contributed by atoms with Gasteiger partial charge in [0.15, 0.2) is 9.84 Å². The number of imide groups is 1. The van der Waals surface area contributed by atoms with Gasteiger partial charge in [-0.15, -0.1) is 0 Å². The first-order valence-electron chi connectivity index (χ1n) is 11.2. The molecule has 0 spiro atoms. The van der Waals surface area contributed by atoms with E-state index in [-0.39, 0.29) is 35.5 Å². The molecular weight excluding hydrogens is 432 g/mol. The molecule has 2 N–H and O–H groups in total. The molecule has 32 heavy (non-hydrogen) atoms. The lowest BCUT2D eigenvalue weighted by Gasteiger charge is -2.26. The molecule has 3 amide bonds. The average molecular weight is 467 g/mol. The Balaban J connectivity index is 1.45. The Morgan fingerprint density at radius 2 is 1.94 bits per heavy atom. The van der Waals surface area contributed by atoms with Crippen molar-refractivity contribution in [3.8, 4) is 5.75 Å². The molecule has 0 atom stereocenters. The van der Waals surface area contributed by atoms with Gasteiger partial charge >= 0.3 is 6.03 Å². The van der Waals surface area contributed by atoms with Gasteiger partial charge in [0.2, 0.25) is 5.91 Å². The van der Waals surface area contributed by atoms with Crippen LogP contribution in [0.3, 0.4) is 0 Å². The molecule has 1 aromatic rings. The summed E-state index contributed by atoms with van der Waals surface area (Å²) in [6.45, 7) is 4.46. The molecule has 178 valence electrons. The standard InChI is InChI=1S/C23H34N2O6S/c1-22(2,28)16-31-19-8-6-7-18(15-19)23(10-11-23)17-32(29,30)14-5-3-4-12-25-13-9-20(26)24-21(25)27/h6-8,15,28H,3-5,9-14,16-17H2,1-2H3,(H,24,26,27). The molecule has 0 radical (unpaired) electrons. The number of hydrogen-bond donors (Lipinski definition) is 2. The number of urea groups is 1. The third-order valence-electron chi connectivity index (χ3n) is 5.91. The molecule has 0 unspecified atom stereocenters. The molecule has 1 aliphatic heterocycles. The lowest BCUT2D eigenvalue weighted by Crippen LogP contribution is -2.49. The van der Waals surface area contributed by atoms with E-state index in [1.54, 1.807) is 18.7 Å². The molecule has 9 heteroatoms. The van der Waals surface area contributed by atoms with E-state index < -0.39 is 15.4 Å². The van der Waals surface area contributed by atoms with Gasteiger partial charge in [0, 0.05) is 24.9 Å². The maximum Gasteiger partial charge on any atom is 0.324 e. The Hall–Kier alpha value is -2.13. The van der Waals surface area contributed by atoms with E-state index in [0.29, 0.717) is 44.5 Å². The van der Waals surface area contributed by atoms with Crippen LogP contribution in [0.25, 0.3) is 0 Å². The highest BCUT2D eigenvalue weighted by Gasteiger charge is 2.47. The first kappa shape index (κ1) is 24.5. The lowest BCUT2D eigenvalue weighted by atomic mass is 9.98. The van der Waals surface area contributed by atoms with Crippen LogP contribution in [0.2, 0.25) is 0 Å². The highest BCUT2D eigenvalue weighted by Crippen LogP contribution is 2.50. The zero-order chi connectivity index (χ0) is 23.4. The maximum atomic E-state index is 12.8. The number of hydrogen-bond acceptors (Lipinski definition) is 6. The number of benzene rings is 1. The second kappa shape index (κ2) is 9.79. The summed E-state index contributed by atoms with van der Waals surface area (Å²) in [6.07, 6.45) is 3.97. The van der Waals surface area contributed by atoms with Crippen LogP contribution < -0.4 is 10.1 Å². The largest absolute Gasteiger partial charge is 0.491 e. The van der Waals surface area contributed by atoms with Crippen LogP contribution in [0.4, 0.5) is 4.79 Å². The minimum absolute atomic E-state index is 0.131. The topological polar surface area (TPSA) is 113 Å². The quantitative estimate of drug-likeness (QED) is 0.458. The van der Waals surface area contributed by atoms with Crippen molar-refractivity contribution in [2.75, 3.05) is 31.2 Å². The van der Waals surface area contributed by atoms with E-state index >= 15 is 0 Å². The summed E-state index contributed by atoms with van der Waals surface area (Å²) in [5.41, 5.74) is -0.308. The van der Waals surface area contributed by atoms with E-state index in [4.69, 9.17) is 4.74 Å². The fourth-order valence-electron chi connectivity index (χ4n) is 3.95. The molecule has 2 aliphatic rings. The summed E-state index contributed by atoms with van der Waals surface area (Å²) < 4.78 is 31.2. The first-order chi connectivity index (χ1) is 15.0. The minimum atomic E-state index is -3.22. The Morgan fingerprint density at radius 1 is 1.19 bits per heavy atom. The highest BCUT2D eigenvalue weighted by atomic mass is 32.2. The van der Waals surface area contributed by atoms with Crippen molar-refractivity contribution in [2.24, 2.45) is 0 Å². The number of carbonyl (C=O) groups is 2. The van der Waals surface area contributed by atoms with Gasteiger partial charge in [0.1, 0.15) is 12.4 Å². The number of aliphatic hydroxyl groups is 1. The molecule has 2 fully saturated rings. The summed E-state index contributed by atoms with van der Waals surface area (Å²) in [7, 11) is -3.22. The third-order valence-corrected chi connectivity index (χ3v) is 7.82. The number of rotatable bonds is 12. The van der Waals surface area contributed by atoms with E-state index in [1.165, 1.54) is 0 Å². The minimum Gasteiger partial charge on any atom is -0.491 e. The van der Waals surface area contributed by atoms with Crippen LogP contribution in [-0.2, 0) is 20.0 Å². The van der Waals surface area contributed by atoms with Gasteiger partial charge in [-0.3, -0.25) is 10.1 Å². The predicted octanol–water partition coefficient (Wildman–Crippen LogP) is 2.39. The Labute approximate surface area is 190 Å². The van der Waals surface area contributed by atoms with Crippen molar-refractivity contribution in [1.29, 1.82) is 0 Å². The molecule has 1 aliphatic carbocycles. The van der Waals surface area contributed by atoms with Crippen LogP contribution in [0.1, 0.15) is 57.9 Å². The molecule has 0 aromatic heterocycles. The summed E-state index contributed by atoms with van der Waals surface area (Å²) >= 11 is 0. The van der Waals surface area contributed by atoms with E-state index in [1.807, 2.05) is 24.3 Å². The zero-order valence-corrected chi connectivity index (χ0v) is 19.7. The molecule has 0 bridgehead atoms. The highest BCUT2D eigenvalue weighted by molar-refractivity contribution is 7.91. The Kier molecular flexibility index (Phi) is 7.50. The normalized spacial score (nSPS) is 18.4. The maximum absolute atomic E-state index is 12.8. The van der Waals surface area contributed by atoms with Gasteiger partial charge in [-0.05, 0) is 57.2 Å². The van der Waals surface area contributed by atoms with Crippen molar-refractivity contribution in [1.82, 2.24) is 10.2 Å². The number of nitrogens with zero attached hydrogens (tertiary/aromatic N) is 1. The number of nitrogens with one attached hydrogen (secondary N) is 1. The van der Waals surface area contributed by atoms with Crippen LogP contribution in [0.15, 0.2) is 24.3 Å². The second-order valence-electron chi connectivity index (χ2n) is 9.65. The molecule has 8 nitrogen and oxygen atoms in total.